The number of rotatable bonds is 5. The second-order valence-electron chi connectivity index (χ2n) is 5.80. The summed E-state index contributed by atoms with van der Waals surface area (Å²) in [6.45, 7) is 1.48. The zero-order valence-corrected chi connectivity index (χ0v) is 13.5. The Kier molecular flexibility index (Phi) is 5.10. The van der Waals surface area contributed by atoms with E-state index in [9.17, 15) is 9.18 Å². The van der Waals surface area contributed by atoms with E-state index in [-0.39, 0.29) is 24.4 Å². The smallest absolute Gasteiger partial charge is 0.276 e. The zero-order valence-electron chi connectivity index (χ0n) is 13.5. The maximum atomic E-state index is 13.7. The lowest BCUT2D eigenvalue weighted by molar-refractivity contribution is 0.0707. The number of likely N-dealkylation sites (tertiary alicyclic amines) is 1. The number of ether oxygens (including phenoxy) is 1. The third-order valence-electron chi connectivity index (χ3n) is 4.08. The molecule has 0 bridgehead atoms. The van der Waals surface area contributed by atoms with E-state index in [0.29, 0.717) is 30.2 Å². The molecule has 0 aliphatic carbocycles. The number of nitrogens with one attached hydrogen (secondary N) is 1. The highest BCUT2D eigenvalue weighted by atomic mass is 19.1. The minimum absolute atomic E-state index is 0.146. The van der Waals surface area contributed by atoms with E-state index in [1.165, 1.54) is 6.07 Å². The van der Waals surface area contributed by atoms with E-state index in [2.05, 4.69) is 10.5 Å². The first-order valence-electron chi connectivity index (χ1n) is 7.92. The van der Waals surface area contributed by atoms with Gasteiger partial charge in [-0.05, 0) is 25.0 Å². The molecule has 1 aromatic heterocycles. The minimum Gasteiger partial charge on any atom is -0.380 e. The van der Waals surface area contributed by atoms with Crippen molar-refractivity contribution in [3.05, 3.63) is 47.6 Å². The molecule has 0 saturated carbocycles. The first-order chi connectivity index (χ1) is 11.7. The van der Waals surface area contributed by atoms with Crippen LogP contribution in [0.15, 0.2) is 34.9 Å². The molecule has 7 heteroatoms. The maximum absolute atomic E-state index is 13.7. The predicted molar refractivity (Wildman–Crippen MR) is 86.2 cm³/mol. The monoisotopic (exact) mass is 333 g/mol. The molecule has 1 saturated heterocycles. The van der Waals surface area contributed by atoms with Gasteiger partial charge in [0.1, 0.15) is 12.4 Å². The van der Waals surface area contributed by atoms with Crippen LogP contribution >= 0.6 is 0 Å². The fourth-order valence-electron chi connectivity index (χ4n) is 2.81. The van der Waals surface area contributed by atoms with E-state index < -0.39 is 0 Å². The summed E-state index contributed by atoms with van der Waals surface area (Å²) in [4.78, 5) is 14.2. The Hall–Kier alpha value is -2.41. The molecule has 0 spiro atoms. The Morgan fingerprint density at radius 3 is 2.88 bits per heavy atom. The number of carbonyl (C=O) groups is 1. The molecule has 1 aromatic carbocycles. The fourth-order valence-corrected chi connectivity index (χ4v) is 2.81. The normalized spacial score (nSPS) is 15.5. The SMILES string of the molecule is COCc1cc(C(=O)N2CCC(Nc3ccccc3F)CC2)no1. The second kappa shape index (κ2) is 7.44. The van der Waals surface area contributed by atoms with Gasteiger partial charge in [-0.15, -0.1) is 0 Å². The topological polar surface area (TPSA) is 67.6 Å². The highest BCUT2D eigenvalue weighted by molar-refractivity contribution is 5.92. The lowest BCUT2D eigenvalue weighted by Crippen LogP contribution is -2.42. The van der Waals surface area contributed by atoms with Gasteiger partial charge in [0.25, 0.3) is 5.91 Å². The molecule has 1 aliphatic rings. The summed E-state index contributed by atoms with van der Waals surface area (Å²) < 4.78 is 23.7. The van der Waals surface area contributed by atoms with Gasteiger partial charge in [0.15, 0.2) is 11.5 Å². The molecule has 1 amide bonds. The van der Waals surface area contributed by atoms with Crippen LogP contribution < -0.4 is 5.32 Å². The molecule has 1 aliphatic heterocycles. The quantitative estimate of drug-likeness (QED) is 0.911. The van der Waals surface area contributed by atoms with Crippen LogP contribution in [-0.2, 0) is 11.3 Å². The van der Waals surface area contributed by atoms with Gasteiger partial charge in [-0.3, -0.25) is 4.79 Å². The van der Waals surface area contributed by atoms with Crippen molar-refractivity contribution < 1.29 is 18.4 Å². The van der Waals surface area contributed by atoms with Crippen LogP contribution in [0.4, 0.5) is 10.1 Å². The molecule has 2 aromatic rings. The molecule has 1 N–H and O–H groups in total. The van der Waals surface area contributed by atoms with Gasteiger partial charge < -0.3 is 19.5 Å². The Morgan fingerprint density at radius 2 is 2.17 bits per heavy atom. The minimum atomic E-state index is -0.260. The van der Waals surface area contributed by atoms with Gasteiger partial charge in [0, 0.05) is 32.3 Å². The Balaban J connectivity index is 1.54. The van der Waals surface area contributed by atoms with Crippen LogP contribution in [-0.4, -0.2) is 42.2 Å². The van der Waals surface area contributed by atoms with Crippen LogP contribution in [0.1, 0.15) is 29.1 Å². The van der Waals surface area contributed by atoms with Crippen molar-refractivity contribution in [2.75, 3.05) is 25.5 Å². The van der Waals surface area contributed by atoms with Crippen molar-refractivity contribution >= 4 is 11.6 Å². The largest absolute Gasteiger partial charge is 0.380 e. The van der Waals surface area contributed by atoms with E-state index in [1.54, 1.807) is 36.3 Å². The molecular weight excluding hydrogens is 313 g/mol. The zero-order chi connectivity index (χ0) is 16.9. The van der Waals surface area contributed by atoms with Crippen molar-refractivity contribution in [2.24, 2.45) is 0 Å². The summed E-state index contributed by atoms with van der Waals surface area (Å²) in [6.07, 6.45) is 1.51. The summed E-state index contributed by atoms with van der Waals surface area (Å²) in [7, 11) is 1.55. The van der Waals surface area contributed by atoms with Crippen LogP contribution in [0.5, 0.6) is 0 Å². The van der Waals surface area contributed by atoms with E-state index in [4.69, 9.17) is 9.26 Å². The third-order valence-corrected chi connectivity index (χ3v) is 4.08. The molecule has 0 atom stereocenters. The van der Waals surface area contributed by atoms with E-state index in [1.807, 2.05) is 0 Å². The van der Waals surface area contributed by atoms with Crippen molar-refractivity contribution in [3.63, 3.8) is 0 Å². The molecule has 0 unspecified atom stereocenters. The highest BCUT2D eigenvalue weighted by Gasteiger charge is 2.26. The number of carbonyl (C=O) groups excluding carboxylic acids is 1. The first kappa shape index (κ1) is 16.4. The first-order valence-corrected chi connectivity index (χ1v) is 7.92. The summed E-state index contributed by atoms with van der Waals surface area (Å²) >= 11 is 0. The molecule has 1 fully saturated rings. The Labute approximate surface area is 139 Å². The maximum Gasteiger partial charge on any atom is 0.276 e. The highest BCUT2D eigenvalue weighted by Crippen LogP contribution is 2.20. The number of para-hydroxylation sites is 1. The Bertz CT molecular complexity index is 696. The van der Waals surface area contributed by atoms with Gasteiger partial charge in [-0.2, -0.15) is 0 Å². The molecule has 24 heavy (non-hydrogen) atoms. The summed E-state index contributed by atoms with van der Waals surface area (Å²) in [6, 6.07) is 8.37. The lowest BCUT2D eigenvalue weighted by atomic mass is 10.0. The number of amides is 1. The number of nitrogens with zero attached hydrogens (tertiary/aromatic N) is 2. The fraction of sp³-hybridized carbons (Fsp3) is 0.412. The Morgan fingerprint density at radius 1 is 1.42 bits per heavy atom. The average molecular weight is 333 g/mol. The van der Waals surface area contributed by atoms with Crippen molar-refractivity contribution in [2.45, 2.75) is 25.5 Å². The summed E-state index contributed by atoms with van der Waals surface area (Å²) in [5.41, 5.74) is 0.797. The van der Waals surface area contributed by atoms with Crippen molar-refractivity contribution in [1.82, 2.24) is 10.1 Å². The number of methoxy groups -OCH3 is 1. The standard InChI is InChI=1S/C17H20FN3O3/c1-23-11-13-10-16(20-24-13)17(22)21-8-6-12(7-9-21)19-15-5-3-2-4-14(15)18/h2-5,10,12,19H,6-9,11H2,1H3. The van der Waals surface area contributed by atoms with Gasteiger partial charge >= 0.3 is 0 Å². The molecule has 3 rings (SSSR count). The average Bonchev–Trinajstić information content (AvgIpc) is 3.06. The van der Waals surface area contributed by atoms with Gasteiger partial charge in [-0.1, -0.05) is 17.3 Å². The van der Waals surface area contributed by atoms with Crippen LogP contribution in [0.3, 0.4) is 0 Å². The predicted octanol–water partition coefficient (Wildman–Crippen LogP) is 2.68. The summed E-state index contributed by atoms with van der Waals surface area (Å²) in [5.74, 6) is 0.117. The van der Waals surface area contributed by atoms with Gasteiger partial charge in [0.2, 0.25) is 0 Å². The van der Waals surface area contributed by atoms with Gasteiger partial charge in [-0.25, -0.2) is 4.39 Å². The number of hydrogen-bond donors (Lipinski definition) is 1. The number of piperidine rings is 1. The third kappa shape index (κ3) is 3.73. The van der Waals surface area contributed by atoms with Crippen LogP contribution in [0.2, 0.25) is 0 Å². The van der Waals surface area contributed by atoms with E-state index in [0.717, 1.165) is 12.8 Å². The van der Waals surface area contributed by atoms with Crippen LogP contribution in [0, 0.1) is 5.82 Å². The molecule has 0 radical (unpaired) electrons. The number of benzene rings is 1. The van der Waals surface area contributed by atoms with Gasteiger partial charge in [0.05, 0.1) is 5.69 Å². The molecule has 6 nitrogen and oxygen atoms in total. The molecule has 2 heterocycles. The molecular formula is C17H20FN3O3. The lowest BCUT2D eigenvalue weighted by Gasteiger charge is -2.32. The summed E-state index contributed by atoms with van der Waals surface area (Å²) in [5, 5.41) is 7.00. The number of aromatic nitrogens is 1. The number of anilines is 1. The second-order valence-corrected chi connectivity index (χ2v) is 5.80. The van der Waals surface area contributed by atoms with Crippen LogP contribution in [0.25, 0.3) is 0 Å². The molecule has 128 valence electrons. The van der Waals surface area contributed by atoms with E-state index >= 15 is 0 Å². The number of hydrogen-bond acceptors (Lipinski definition) is 5. The number of halogens is 1. The van der Waals surface area contributed by atoms with Crippen molar-refractivity contribution in [1.29, 1.82) is 0 Å². The van der Waals surface area contributed by atoms with Crippen molar-refractivity contribution in [3.8, 4) is 0 Å².